The summed E-state index contributed by atoms with van der Waals surface area (Å²) in [5, 5.41) is 7.21. The van der Waals surface area contributed by atoms with Gasteiger partial charge in [0.2, 0.25) is 5.91 Å². The highest BCUT2D eigenvalue weighted by atomic mass is 32.1. The zero-order valence-electron chi connectivity index (χ0n) is 12.4. The molecule has 0 saturated carbocycles. The summed E-state index contributed by atoms with van der Waals surface area (Å²) < 4.78 is 37.3. The van der Waals surface area contributed by atoms with E-state index in [2.05, 4.69) is 15.6 Å². The van der Waals surface area contributed by atoms with E-state index < -0.39 is 11.9 Å². The van der Waals surface area contributed by atoms with Gasteiger partial charge in [-0.1, -0.05) is 6.92 Å². The van der Waals surface area contributed by atoms with Crippen molar-refractivity contribution in [2.24, 2.45) is 11.8 Å². The van der Waals surface area contributed by atoms with Crippen molar-refractivity contribution in [1.82, 2.24) is 15.6 Å². The summed E-state index contributed by atoms with van der Waals surface area (Å²) in [6.45, 7) is 4.05. The SMILES string of the molecule is CC(CC(=O)NCc1nc(C(F)(F)F)cs1)C1CCCNC1. The number of hydrogen-bond acceptors (Lipinski definition) is 4. The van der Waals surface area contributed by atoms with Crippen molar-refractivity contribution in [3.05, 3.63) is 16.1 Å². The van der Waals surface area contributed by atoms with Crippen molar-refractivity contribution >= 4 is 17.2 Å². The van der Waals surface area contributed by atoms with E-state index in [-0.39, 0.29) is 23.4 Å². The first-order valence-corrected chi connectivity index (χ1v) is 8.23. The summed E-state index contributed by atoms with van der Waals surface area (Å²) in [6.07, 6.45) is -1.80. The standard InChI is InChI=1S/C14H20F3N3OS/c1-9(10-3-2-4-18-6-10)5-12(21)19-7-13-20-11(8-22-13)14(15,16)17/h8-10,18H,2-7H2,1H3,(H,19,21). The third-order valence-corrected chi connectivity index (χ3v) is 4.77. The normalized spacial score (nSPS) is 20.6. The second-order valence-corrected chi connectivity index (χ2v) is 6.63. The maximum atomic E-state index is 12.4. The summed E-state index contributed by atoms with van der Waals surface area (Å²) in [5.41, 5.74) is -0.900. The fourth-order valence-electron chi connectivity index (χ4n) is 2.59. The van der Waals surface area contributed by atoms with E-state index >= 15 is 0 Å². The predicted octanol–water partition coefficient (Wildman–Crippen LogP) is 2.80. The Hall–Kier alpha value is -1.15. The molecule has 0 bridgehead atoms. The first-order chi connectivity index (χ1) is 10.4. The van der Waals surface area contributed by atoms with Gasteiger partial charge in [0.05, 0.1) is 6.54 Å². The number of nitrogens with zero attached hydrogens (tertiary/aromatic N) is 1. The van der Waals surface area contributed by atoms with Gasteiger partial charge in [-0.05, 0) is 37.8 Å². The molecule has 4 nitrogen and oxygen atoms in total. The second-order valence-electron chi connectivity index (χ2n) is 5.69. The molecule has 1 fully saturated rings. The fraction of sp³-hybridized carbons (Fsp3) is 0.714. The molecule has 124 valence electrons. The number of aromatic nitrogens is 1. The molecule has 1 amide bonds. The van der Waals surface area contributed by atoms with E-state index in [0.717, 1.165) is 42.6 Å². The van der Waals surface area contributed by atoms with Crippen LogP contribution < -0.4 is 10.6 Å². The monoisotopic (exact) mass is 335 g/mol. The van der Waals surface area contributed by atoms with Gasteiger partial charge in [-0.25, -0.2) is 4.98 Å². The van der Waals surface area contributed by atoms with E-state index in [4.69, 9.17) is 0 Å². The number of rotatable bonds is 5. The van der Waals surface area contributed by atoms with Crippen molar-refractivity contribution < 1.29 is 18.0 Å². The molecule has 0 radical (unpaired) electrons. The average Bonchev–Trinajstić information content (AvgIpc) is 2.95. The molecule has 22 heavy (non-hydrogen) atoms. The number of amides is 1. The van der Waals surface area contributed by atoms with Gasteiger partial charge in [-0.15, -0.1) is 11.3 Å². The summed E-state index contributed by atoms with van der Waals surface area (Å²) in [7, 11) is 0. The minimum absolute atomic E-state index is 0.0508. The highest BCUT2D eigenvalue weighted by Crippen LogP contribution is 2.30. The first kappa shape index (κ1) is 17.2. The molecule has 2 atom stereocenters. The molecule has 2 unspecified atom stereocenters. The van der Waals surface area contributed by atoms with E-state index in [1.165, 1.54) is 0 Å². The molecule has 8 heteroatoms. The molecular formula is C14H20F3N3OS. The zero-order chi connectivity index (χ0) is 16.2. The molecule has 2 heterocycles. The lowest BCUT2D eigenvalue weighted by molar-refractivity contribution is -0.140. The molecule has 0 aliphatic carbocycles. The molecule has 1 aromatic rings. The van der Waals surface area contributed by atoms with Crippen LogP contribution >= 0.6 is 11.3 Å². The largest absolute Gasteiger partial charge is 0.434 e. The number of thiazole rings is 1. The molecule has 0 aromatic carbocycles. The van der Waals surface area contributed by atoms with E-state index in [9.17, 15) is 18.0 Å². The summed E-state index contributed by atoms with van der Waals surface area (Å²) >= 11 is 0.910. The van der Waals surface area contributed by atoms with Crippen LogP contribution in [0.2, 0.25) is 0 Å². The maximum Gasteiger partial charge on any atom is 0.434 e. The molecule has 1 saturated heterocycles. The van der Waals surface area contributed by atoms with Crippen LogP contribution in [-0.4, -0.2) is 24.0 Å². The third kappa shape index (κ3) is 4.95. The number of carbonyl (C=O) groups excluding carboxylic acids is 1. The van der Waals surface area contributed by atoms with Crippen LogP contribution in [-0.2, 0) is 17.5 Å². The lowest BCUT2D eigenvalue weighted by atomic mass is 9.85. The van der Waals surface area contributed by atoms with Crippen LogP contribution in [0.25, 0.3) is 0 Å². The van der Waals surface area contributed by atoms with Crippen molar-refractivity contribution in [3.63, 3.8) is 0 Å². The van der Waals surface area contributed by atoms with Gasteiger partial charge >= 0.3 is 6.18 Å². The molecule has 2 N–H and O–H groups in total. The second kappa shape index (κ2) is 7.41. The Bertz CT molecular complexity index is 498. The number of nitrogens with one attached hydrogen (secondary N) is 2. The number of halogens is 3. The predicted molar refractivity (Wildman–Crippen MR) is 78.3 cm³/mol. The Balaban J connectivity index is 1.76. The third-order valence-electron chi connectivity index (χ3n) is 3.93. The van der Waals surface area contributed by atoms with E-state index in [0.29, 0.717) is 12.3 Å². The quantitative estimate of drug-likeness (QED) is 0.870. The molecule has 1 aliphatic rings. The number of carbonyl (C=O) groups is 1. The van der Waals surface area contributed by atoms with Crippen LogP contribution in [0.3, 0.4) is 0 Å². The maximum absolute atomic E-state index is 12.4. The Labute approximate surface area is 131 Å². The Morgan fingerprint density at radius 2 is 2.36 bits per heavy atom. The zero-order valence-corrected chi connectivity index (χ0v) is 13.2. The topological polar surface area (TPSA) is 54.0 Å². The fourth-order valence-corrected chi connectivity index (χ4v) is 3.33. The van der Waals surface area contributed by atoms with Gasteiger partial charge in [-0.3, -0.25) is 4.79 Å². The van der Waals surface area contributed by atoms with Crippen molar-refractivity contribution in [2.75, 3.05) is 13.1 Å². The molecule has 0 spiro atoms. The van der Waals surface area contributed by atoms with Crippen LogP contribution in [0.15, 0.2) is 5.38 Å². The Kier molecular flexibility index (Phi) is 5.80. The minimum atomic E-state index is -4.43. The van der Waals surface area contributed by atoms with E-state index in [1.807, 2.05) is 6.92 Å². The van der Waals surface area contributed by atoms with Gasteiger partial charge < -0.3 is 10.6 Å². The van der Waals surface area contributed by atoms with Gasteiger partial charge in [-0.2, -0.15) is 13.2 Å². The van der Waals surface area contributed by atoms with Gasteiger partial charge in [0.25, 0.3) is 0 Å². The van der Waals surface area contributed by atoms with Crippen LogP contribution in [0.1, 0.15) is 36.9 Å². The molecule has 1 aliphatic heterocycles. The first-order valence-electron chi connectivity index (χ1n) is 7.35. The van der Waals surface area contributed by atoms with Gasteiger partial charge in [0, 0.05) is 11.8 Å². The highest BCUT2D eigenvalue weighted by Gasteiger charge is 2.33. The Morgan fingerprint density at radius 1 is 1.59 bits per heavy atom. The van der Waals surface area contributed by atoms with Crippen LogP contribution in [0.4, 0.5) is 13.2 Å². The van der Waals surface area contributed by atoms with Crippen LogP contribution in [0.5, 0.6) is 0 Å². The Morgan fingerprint density at radius 3 is 2.95 bits per heavy atom. The number of alkyl halides is 3. The lowest BCUT2D eigenvalue weighted by Gasteiger charge is -2.27. The average molecular weight is 335 g/mol. The van der Waals surface area contributed by atoms with Crippen molar-refractivity contribution in [1.29, 1.82) is 0 Å². The summed E-state index contributed by atoms with van der Waals surface area (Å²) in [6, 6.07) is 0. The highest BCUT2D eigenvalue weighted by molar-refractivity contribution is 7.09. The minimum Gasteiger partial charge on any atom is -0.350 e. The van der Waals surface area contributed by atoms with Gasteiger partial charge in [0.1, 0.15) is 5.01 Å². The van der Waals surface area contributed by atoms with Crippen molar-refractivity contribution in [3.8, 4) is 0 Å². The molecular weight excluding hydrogens is 315 g/mol. The van der Waals surface area contributed by atoms with Crippen molar-refractivity contribution in [2.45, 2.75) is 38.9 Å². The lowest BCUT2D eigenvalue weighted by Crippen LogP contribution is -2.35. The number of piperidine rings is 1. The van der Waals surface area contributed by atoms with Gasteiger partial charge in [0.15, 0.2) is 5.69 Å². The van der Waals surface area contributed by atoms with E-state index in [1.54, 1.807) is 0 Å². The molecule has 2 rings (SSSR count). The summed E-state index contributed by atoms with van der Waals surface area (Å²) in [5.74, 6) is 0.604. The molecule has 1 aromatic heterocycles. The summed E-state index contributed by atoms with van der Waals surface area (Å²) in [4.78, 5) is 15.4. The number of hydrogen-bond donors (Lipinski definition) is 2. The van der Waals surface area contributed by atoms with Crippen LogP contribution in [0, 0.1) is 11.8 Å². The smallest absolute Gasteiger partial charge is 0.350 e.